The summed E-state index contributed by atoms with van der Waals surface area (Å²) < 4.78 is 6.70. The zero-order chi connectivity index (χ0) is 27.1. The largest absolute Gasteiger partial charge is 0.465 e. The summed E-state index contributed by atoms with van der Waals surface area (Å²) >= 11 is 0. The van der Waals surface area contributed by atoms with Crippen LogP contribution >= 0.6 is 0 Å². The third-order valence-electron chi connectivity index (χ3n) is 7.54. The number of anilines is 2. The van der Waals surface area contributed by atoms with E-state index in [0.29, 0.717) is 41.6 Å². The van der Waals surface area contributed by atoms with Gasteiger partial charge in [0.15, 0.2) is 0 Å². The molecule has 2 saturated heterocycles. The minimum atomic E-state index is -0.516. The van der Waals surface area contributed by atoms with E-state index in [9.17, 15) is 14.4 Å². The number of ether oxygens (including phenoxy) is 1. The smallest absolute Gasteiger partial charge is 0.338 e. The van der Waals surface area contributed by atoms with Gasteiger partial charge >= 0.3 is 5.97 Å². The third kappa shape index (κ3) is 4.45. The second-order valence-electron chi connectivity index (χ2n) is 9.82. The van der Waals surface area contributed by atoms with Crippen LogP contribution in [0.4, 0.5) is 11.6 Å². The number of carbonyl (C=O) groups is 3. The van der Waals surface area contributed by atoms with Crippen molar-refractivity contribution in [3.05, 3.63) is 71.9 Å². The molecule has 39 heavy (non-hydrogen) atoms. The lowest BCUT2D eigenvalue weighted by molar-refractivity contribution is -0.130. The van der Waals surface area contributed by atoms with Gasteiger partial charge in [-0.1, -0.05) is 12.1 Å². The van der Waals surface area contributed by atoms with Gasteiger partial charge in [-0.05, 0) is 43.5 Å². The van der Waals surface area contributed by atoms with Crippen LogP contribution in [0.2, 0.25) is 0 Å². The number of nitrogens with one attached hydrogen (secondary N) is 1. The Hall–Kier alpha value is -4.80. The van der Waals surface area contributed by atoms with Crippen molar-refractivity contribution in [2.75, 3.05) is 24.7 Å². The van der Waals surface area contributed by atoms with Crippen LogP contribution < -0.4 is 11.1 Å². The molecule has 2 amide bonds. The zero-order valence-corrected chi connectivity index (χ0v) is 21.3. The molecule has 0 aliphatic carbocycles. The molecule has 0 bridgehead atoms. The van der Waals surface area contributed by atoms with Crippen LogP contribution in [-0.2, 0) is 9.53 Å². The van der Waals surface area contributed by atoms with Crippen molar-refractivity contribution in [3.8, 4) is 11.3 Å². The van der Waals surface area contributed by atoms with Crippen molar-refractivity contribution in [2.24, 2.45) is 0 Å². The summed E-state index contributed by atoms with van der Waals surface area (Å²) in [4.78, 5) is 52.4. The monoisotopic (exact) mass is 525 g/mol. The summed E-state index contributed by atoms with van der Waals surface area (Å²) in [6.45, 7) is 0.647. The molecule has 11 heteroatoms. The maximum atomic E-state index is 12.9. The van der Waals surface area contributed by atoms with E-state index in [0.717, 1.165) is 30.7 Å². The molecule has 4 aromatic rings. The summed E-state index contributed by atoms with van der Waals surface area (Å²) in [5, 5.41) is 2.70. The van der Waals surface area contributed by atoms with E-state index >= 15 is 0 Å². The summed E-state index contributed by atoms with van der Waals surface area (Å²) in [5.41, 5.74) is 9.16. The predicted octanol–water partition coefficient (Wildman–Crippen LogP) is 3.28. The molecule has 6 rings (SSSR count). The Kier molecular flexibility index (Phi) is 6.18. The number of esters is 1. The maximum Gasteiger partial charge on any atom is 0.338 e. The van der Waals surface area contributed by atoms with Gasteiger partial charge in [-0.3, -0.25) is 14.0 Å². The van der Waals surface area contributed by atoms with Crippen molar-refractivity contribution in [1.82, 2.24) is 24.3 Å². The Morgan fingerprint density at radius 3 is 2.67 bits per heavy atom. The van der Waals surface area contributed by atoms with Crippen LogP contribution in [-0.4, -0.2) is 61.7 Å². The Balaban J connectivity index is 1.28. The number of piperidine rings is 1. The molecule has 5 heterocycles. The molecule has 0 saturated carbocycles. The number of fused-ring (bicyclic) bond motifs is 2. The number of rotatable bonds is 5. The highest BCUT2D eigenvalue weighted by molar-refractivity contribution is 6.04. The van der Waals surface area contributed by atoms with E-state index in [2.05, 4.69) is 15.3 Å². The van der Waals surface area contributed by atoms with Gasteiger partial charge in [0.05, 0.1) is 12.7 Å². The number of carbonyl (C=O) groups excluding carboxylic acids is 3. The second-order valence-corrected chi connectivity index (χ2v) is 9.82. The minimum Gasteiger partial charge on any atom is -0.465 e. The highest BCUT2D eigenvalue weighted by atomic mass is 16.5. The van der Waals surface area contributed by atoms with Gasteiger partial charge in [0.2, 0.25) is 5.91 Å². The normalized spacial score (nSPS) is 18.7. The molecule has 2 aliphatic heterocycles. The van der Waals surface area contributed by atoms with Crippen LogP contribution in [0.25, 0.3) is 16.8 Å². The number of hydrogen-bond acceptors (Lipinski definition) is 8. The van der Waals surface area contributed by atoms with Gasteiger partial charge in [0.1, 0.15) is 28.7 Å². The topological polar surface area (TPSA) is 145 Å². The van der Waals surface area contributed by atoms with Crippen LogP contribution in [0.15, 0.2) is 55.0 Å². The molecule has 198 valence electrons. The van der Waals surface area contributed by atoms with Crippen molar-refractivity contribution < 1.29 is 19.1 Å². The van der Waals surface area contributed by atoms with E-state index in [1.165, 1.54) is 25.4 Å². The first-order chi connectivity index (χ1) is 18.9. The van der Waals surface area contributed by atoms with Gasteiger partial charge < -0.3 is 20.7 Å². The highest BCUT2D eigenvalue weighted by Crippen LogP contribution is 2.38. The number of nitrogens with two attached hydrogens (primary N) is 1. The van der Waals surface area contributed by atoms with Gasteiger partial charge in [0, 0.05) is 54.6 Å². The van der Waals surface area contributed by atoms with Crippen LogP contribution in [0, 0.1) is 0 Å². The lowest BCUT2D eigenvalue weighted by Crippen LogP contribution is -2.41. The molecular weight excluding hydrogens is 498 g/mol. The molecule has 1 aromatic carbocycles. The molecule has 11 nitrogen and oxygen atoms in total. The summed E-state index contributed by atoms with van der Waals surface area (Å²) in [5.74, 6) is 0.859. The molecule has 3 N–H and O–H groups in total. The first-order valence-corrected chi connectivity index (χ1v) is 12.8. The SMILES string of the molecule is COC(=O)c1ccnc(NC(=O)c2ccc(-c3nc(C4CCC5CCC(=O)N5C4)n4ccnc(N)c34)cc2)c1. The Morgan fingerprint density at radius 1 is 1.05 bits per heavy atom. The number of nitrogens with zero attached hydrogens (tertiary/aromatic N) is 5. The summed E-state index contributed by atoms with van der Waals surface area (Å²) in [6.07, 6.45) is 8.39. The van der Waals surface area contributed by atoms with E-state index in [-0.39, 0.29) is 29.1 Å². The fraction of sp³-hybridized carbons (Fsp3) is 0.286. The zero-order valence-electron chi connectivity index (χ0n) is 21.3. The third-order valence-corrected chi connectivity index (χ3v) is 7.54. The van der Waals surface area contributed by atoms with Gasteiger partial charge in [-0.25, -0.2) is 19.7 Å². The number of pyridine rings is 1. The Morgan fingerprint density at radius 2 is 1.87 bits per heavy atom. The van der Waals surface area contributed by atoms with Crippen molar-refractivity contribution in [3.63, 3.8) is 0 Å². The van der Waals surface area contributed by atoms with Crippen molar-refractivity contribution in [1.29, 1.82) is 0 Å². The second kappa shape index (κ2) is 9.82. The number of amides is 2. The Bertz CT molecular complexity index is 1600. The lowest BCUT2D eigenvalue weighted by Gasteiger charge is -2.34. The molecular formula is C28H27N7O4. The number of methoxy groups -OCH3 is 1. The van der Waals surface area contributed by atoms with Crippen molar-refractivity contribution in [2.45, 2.75) is 37.6 Å². The van der Waals surface area contributed by atoms with Crippen LogP contribution in [0.1, 0.15) is 58.1 Å². The van der Waals surface area contributed by atoms with Crippen LogP contribution in [0.3, 0.4) is 0 Å². The number of aromatic nitrogens is 4. The molecule has 0 radical (unpaired) electrons. The molecule has 3 aromatic heterocycles. The summed E-state index contributed by atoms with van der Waals surface area (Å²) in [7, 11) is 1.29. The standard InChI is InChI=1S/C28H27N7O4/c1-39-28(38)18-10-11-30-21(14-18)32-27(37)17-4-2-16(3-5-17)23-24-25(29)31-12-13-34(24)26(33-23)19-6-7-20-8-9-22(36)35(20)15-19/h2-5,10-14,19-20H,6-9,15H2,1H3,(H2,29,31)(H,30,32,37). The molecule has 0 spiro atoms. The summed E-state index contributed by atoms with van der Waals surface area (Å²) in [6, 6.07) is 10.3. The number of benzene rings is 1. The van der Waals surface area contributed by atoms with E-state index < -0.39 is 5.97 Å². The fourth-order valence-corrected chi connectivity index (χ4v) is 5.57. The molecule has 2 unspecified atom stereocenters. The van der Waals surface area contributed by atoms with Crippen LogP contribution in [0.5, 0.6) is 0 Å². The van der Waals surface area contributed by atoms with E-state index in [4.69, 9.17) is 15.5 Å². The first kappa shape index (κ1) is 24.5. The fourth-order valence-electron chi connectivity index (χ4n) is 5.57. The lowest BCUT2D eigenvalue weighted by atomic mass is 9.92. The van der Waals surface area contributed by atoms with Gasteiger partial charge in [-0.2, -0.15) is 0 Å². The predicted molar refractivity (Wildman–Crippen MR) is 143 cm³/mol. The number of nitrogen functional groups attached to an aromatic ring is 1. The average Bonchev–Trinajstić information content (AvgIpc) is 3.54. The van der Waals surface area contributed by atoms with Gasteiger partial charge in [-0.15, -0.1) is 0 Å². The minimum absolute atomic E-state index is 0.0876. The average molecular weight is 526 g/mol. The van der Waals surface area contributed by atoms with E-state index in [1.807, 2.05) is 27.6 Å². The quantitative estimate of drug-likeness (QED) is 0.378. The first-order valence-electron chi connectivity index (χ1n) is 12.8. The number of imidazole rings is 1. The molecule has 2 aliphatic rings. The molecule has 2 atom stereocenters. The van der Waals surface area contributed by atoms with E-state index in [1.54, 1.807) is 18.3 Å². The maximum absolute atomic E-state index is 12.9. The number of hydrogen-bond donors (Lipinski definition) is 2. The highest BCUT2D eigenvalue weighted by Gasteiger charge is 2.38. The van der Waals surface area contributed by atoms with Crippen molar-refractivity contribution >= 4 is 34.9 Å². The molecule has 2 fully saturated rings. The Labute approximate surface area is 224 Å². The van der Waals surface area contributed by atoms with Gasteiger partial charge in [0.25, 0.3) is 5.91 Å².